The molecule has 4 rings (SSSR count). The summed E-state index contributed by atoms with van der Waals surface area (Å²) in [4.78, 5) is 25.8. The van der Waals surface area contributed by atoms with E-state index in [1.54, 1.807) is 21.9 Å². The van der Waals surface area contributed by atoms with Gasteiger partial charge in [-0.25, -0.2) is 14.8 Å². The summed E-state index contributed by atoms with van der Waals surface area (Å²) in [6.45, 7) is 1.18. The van der Waals surface area contributed by atoms with E-state index in [0.29, 0.717) is 54.3 Å². The Labute approximate surface area is 240 Å². The average molecular weight is 625 g/mol. The zero-order valence-corrected chi connectivity index (χ0v) is 23.1. The maximum atomic E-state index is 13.6. The number of benzene rings is 1. The number of aromatic nitrogens is 3. The number of hydrogen-bond acceptors (Lipinski definition) is 7. The molecule has 1 aliphatic rings. The highest BCUT2D eigenvalue weighted by Crippen LogP contribution is 2.36. The number of halogens is 8. The Kier molecular flexibility index (Phi) is 10.1. The van der Waals surface area contributed by atoms with E-state index in [0.717, 1.165) is 22.9 Å². The Hall–Kier alpha value is -3.52. The van der Waals surface area contributed by atoms with Gasteiger partial charge in [-0.1, -0.05) is 29.3 Å². The van der Waals surface area contributed by atoms with Crippen molar-refractivity contribution in [1.82, 2.24) is 15.0 Å². The molecule has 0 saturated carbocycles. The number of fused-ring (bicyclic) bond motifs is 1. The summed E-state index contributed by atoms with van der Waals surface area (Å²) in [5.74, 6) is -1.64. The standard InChI is InChI=1S/C23H23Cl2F3N6.C2HF3O2/c1-33(2)22-31-19-8-11-34(21-16(23(26,27)28)4-3-9-29-21)10-7-15(19)20(32-22)30-13-14-5-6-17(24)18(25)12-14;3-2(4,5)1(6)7/h3-6,9,12H,7-8,10-11,13H2,1-2H3,(H,30,31,32);(H,6,7). The number of pyridine rings is 1. The zero-order chi connectivity index (χ0) is 30.5. The van der Waals surface area contributed by atoms with Crippen LogP contribution in [-0.2, 0) is 30.4 Å². The second kappa shape index (κ2) is 13.0. The number of hydrogen-bond donors (Lipinski definition) is 2. The minimum absolute atomic E-state index is 0.0612. The summed E-state index contributed by atoms with van der Waals surface area (Å²) < 4.78 is 72.4. The molecule has 16 heteroatoms. The summed E-state index contributed by atoms with van der Waals surface area (Å²) in [7, 11) is 3.69. The van der Waals surface area contributed by atoms with Crippen molar-refractivity contribution in [3.05, 3.63) is 69.0 Å². The molecule has 0 amide bonds. The number of nitrogens with one attached hydrogen (secondary N) is 1. The van der Waals surface area contributed by atoms with Crippen LogP contribution in [0.2, 0.25) is 10.0 Å². The van der Waals surface area contributed by atoms with Crippen molar-refractivity contribution in [2.45, 2.75) is 31.7 Å². The number of rotatable bonds is 5. The highest BCUT2D eigenvalue weighted by atomic mass is 35.5. The van der Waals surface area contributed by atoms with Gasteiger partial charge in [-0.05, 0) is 36.2 Å². The van der Waals surface area contributed by atoms with Crippen LogP contribution < -0.4 is 15.1 Å². The quantitative estimate of drug-likeness (QED) is 0.328. The SMILES string of the molecule is CN(C)c1nc2c(c(NCc3ccc(Cl)c(Cl)c3)n1)CCN(c1ncccc1C(F)(F)F)CC2.O=C(O)C(F)(F)F. The third-order valence-electron chi connectivity index (χ3n) is 5.81. The van der Waals surface area contributed by atoms with Crippen LogP contribution in [0, 0.1) is 0 Å². The number of carboxylic acid groups (broad SMARTS) is 1. The molecule has 0 fully saturated rings. The predicted molar refractivity (Wildman–Crippen MR) is 143 cm³/mol. The van der Waals surface area contributed by atoms with Crippen molar-refractivity contribution < 1.29 is 36.2 Å². The Bertz CT molecular complexity index is 1390. The first-order valence-corrected chi connectivity index (χ1v) is 12.7. The molecule has 41 heavy (non-hydrogen) atoms. The monoisotopic (exact) mass is 624 g/mol. The molecular formula is C25H24Cl2F6N6O2. The number of alkyl halides is 6. The molecule has 1 aromatic carbocycles. The van der Waals surface area contributed by atoms with Gasteiger partial charge in [0.25, 0.3) is 0 Å². The van der Waals surface area contributed by atoms with Crippen molar-refractivity contribution in [2.24, 2.45) is 0 Å². The molecule has 0 spiro atoms. The maximum Gasteiger partial charge on any atom is 0.490 e. The lowest BCUT2D eigenvalue weighted by Gasteiger charge is -2.24. The van der Waals surface area contributed by atoms with Gasteiger partial charge in [0.15, 0.2) is 0 Å². The topological polar surface area (TPSA) is 94.5 Å². The lowest BCUT2D eigenvalue weighted by Crippen LogP contribution is -2.29. The van der Waals surface area contributed by atoms with Crippen molar-refractivity contribution in [1.29, 1.82) is 0 Å². The van der Waals surface area contributed by atoms with Gasteiger partial charge in [-0.3, -0.25) is 0 Å². The molecule has 2 N–H and O–H groups in total. The van der Waals surface area contributed by atoms with E-state index in [9.17, 15) is 26.3 Å². The Morgan fingerprint density at radius 3 is 2.29 bits per heavy atom. The summed E-state index contributed by atoms with van der Waals surface area (Å²) in [6.07, 6.45) is -7.24. The molecule has 0 radical (unpaired) electrons. The molecule has 0 aliphatic carbocycles. The minimum Gasteiger partial charge on any atom is -0.475 e. The number of nitrogens with zero attached hydrogens (tertiary/aromatic N) is 5. The second-order valence-electron chi connectivity index (χ2n) is 8.96. The van der Waals surface area contributed by atoms with Crippen LogP contribution in [0.15, 0.2) is 36.5 Å². The smallest absolute Gasteiger partial charge is 0.475 e. The van der Waals surface area contributed by atoms with Gasteiger partial charge in [0.05, 0.1) is 21.3 Å². The molecule has 0 saturated heterocycles. The number of anilines is 3. The van der Waals surface area contributed by atoms with E-state index in [-0.39, 0.29) is 5.82 Å². The molecule has 3 heterocycles. The van der Waals surface area contributed by atoms with Crippen LogP contribution in [0.25, 0.3) is 0 Å². The first-order chi connectivity index (χ1) is 19.1. The van der Waals surface area contributed by atoms with E-state index >= 15 is 0 Å². The lowest BCUT2D eigenvalue weighted by molar-refractivity contribution is -0.192. The average Bonchev–Trinajstić information content (AvgIpc) is 3.11. The molecular weight excluding hydrogens is 601 g/mol. The van der Waals surface area contributed by atoms with Gasteiger partial charge < -0.3 is 20.2 Å². The highest BCUT2D eigenvalue weighted by molar-refractivity contribution is 6.42. The van der Waals surface area contributed by atoms with Gasteiger partial charge in [0.1, 0.15) is 11.6 Å². The molecule has 2 aromatic heterocycles. The van der Waals surface area contributed by atoms with Crippen LogP contribution in [0.5, 0.6) is 0 Å². The van der Waals surface area contributed by atoms with Gasteiger partial charge >= 0.3 is 18.3 Å². The summed E-state index contributed by atoms with van der Waals surface area (Å²) in [6, 6.07) is 7.75. The number of carboxylic acids is 1. The minimum atomic E-state index is -5.08. The number of carbonyl (C=O) groups is 1. The number of aliphatic carboxylic acids is 1. The normalized spacial score (nSPS) is 13.5. The highest BCUT2D eigenvalue weighted by Gasteiger charge is 2.38. The Morgan fingerprint density at radius 2 is 1.71 bits per heavy atom. The Balaban J connectivity index is 0.000000587. The summed E-state index contributed by atoms with van der Waals surface area (Å²) in [5, 5.41) is 11.4. The fraction of sp³-hybridized carbons (Fsp3) is 0.360. The molecule has 1 aliphatic heterocycles. The lowest BCUT2D eigenvalue weighted by atomic mass is 10.1. The second-order valence-corrected chi connectivity index (χ2v) is 9.77. The van der Waals surface area contributed by atoms with Gasteiger partial charge in [-0.15, -0.1) is 0 Å². The van der Waals surface area contributed by atoms with Gasteiger partial charge in [-0.2, -0.15) is 31.3 Å². The zero-order valence-electron chi connectivity index (χ0n) is 21.6. The van der Waals surface area contributed by atoms with Crippen LogP contribution in [0.1, 0.15) is 22.4 Å². The van der Waals surface area contributed by atoms with Crippen LogP contribution in [-0.4, -0.2) is 59.4 Å². The molecule has 0 unspecified atom stereocenters. The molecule has 3 aromatic rings. The van der Waals surface area contributed by atoms with Crippen LogP contribution >= 0.6 is 23.2 Å². The Morgan fingerprint density at radius 1 is 1.05 bits per heavy atom. The van der Waals surface area contributed by atoms with Crippen molar-refractivity contribution >= 4 is 46.8 Å². The maximum absolute atomic E-state index is 13.6. The van der Waals surface area contributed by atoms with E-state index in [1.807, 2.05) is 20.2 Å². The van der Waals surface area contributed by atoms with E-state index in [2.05, 4.69) is 20.3 Å². The fourth-order valence-corrected chi connectivity index (χ4v) is 4.17. The predicted octanol–water partition coefficient (Wildman–Crippen LogP) is 6.11. The molecule has 0 atom stereocenters. The van der Waals surface area contributed by atoms with Crippen LogP contribution in [0.3, 0.4) is 0 Å². The van der Waals surface area contributed by atoms with Crippen molar-refractivity contribution in [3.63, 3.8) is 0 Å². The van der Waals surface area contributed by atoms with E-state index in [1.165, 1.54) is 12.3 Å². The first kappa shape index (κ1) is 32.0. The van der Waals surface area contributed by atoms with E-state index < -0.39 is 23.9 Å². The van der Waals surface area contributed by atoms with Crippen molar-refractivity contribution in [2.75, 3.05) is 42.3 Å². The largest absolute Gasteiger partial charge is 0.490 e. The van der Waals surface area contributed by atoms with Crippen LogP contribution in [0.4, 0.5) is 43.9 Å². The first-order valence-electron chi connectivity index (χ1n) is 11.9. The van der Waals surface area contributed by atoms with Gasteiger partial charge in [0.2, 0.25) is 5.95 Å². The van der Waals surface area contributed by atoms with Gasteiger partial charge in [0, 0.05) is 51.9 Å². The van der Waals surface area contributed by atoms with Crippen molar-refractivity contribution in [3.8, 4) is 0 Å². The van der Waals surface area contributed by atoms with E-state index in [4.69, 9.17) is 33.1 Å². The summed E-state index contributed by atoms with van der Waals surface area (Å²) in [5.41, 5.74) is 1.88. The molecule has 222 valence electrons. The molecule has 8 nitrogen and oxygen atoms in total. The fourth-order valence-electron chi connectivity index (χ4n) is 3.85. The third kappa shape index (κ3) is 8.49. The third-order valence-corrected chi connectivity index (χ3v) is 6.55. The molecule has 0 bridgehead atoms. The summed E-state index contributed by atoms with van der Waals surface area (Å²) >= 11 is 12.1.